The molecule has 0 N–H and O–H groups in total. The lowest BCUT2D eigenvalue weighted by atomic mass is 10.1. The minimum Gasteiger partial charge on any atom is -0.466 e. The third-order valence-corrected chi connectivity index (χ3v) is 5.80. The highest BCUT2D eigenvalue weighted by Gasteiger charge is 2.42. The van der Waals surface area contributed by atoms with Gasteiger partial charge in [-0.2, -0.15) is 0 Å². The number of esters is 1. The number of thioether (sulfide) groups is 1. The Balaban J connectivity index is 2.01. The molecule has 146 valence electrons. The fourth-order valence-corrected chi connectivity index (χ4v) is 4.41. The summed E-state index contributed by atoms with van der Waals surface area (Å²) < 4.78 is 22.9. The molecule has 28 heavy (non-hydrogen) atoms. The maximum atomic E-state index is 13.3. The van der Waals surface area contributed by atoms with Gasteiger partial charge in [-0.25, -0.2) is 9.18 Å². The number of carbonyl (C=O) groups excluding carboxylic acids is 3. The van der Waals surface area contributed by atoms with Crippen LogP contribution in [0, 0.1) is 12.7 Å². The summed E-state index contributed by atoms with van der Waals surface area (Å²) in [6.07, 6.45) is 0. The van der Waals surface area contributed by atoms with Gasteiger partial charge in [-0.15, -0.1) is 11.8 Å². The number of rotatable bonds is 6. The molecule has 3 rings (SSSR count). The molecular weight excluding hydrogens is 385 g/mol. The average Bonchev–Trinajstić information content (AvgIpc) is 3.02. The number of methoxy groups -OCH3 is 1. The van der Waals surface area contributed by atoms with Crippen molar-refractivity contribution in [2.24, 2.45) is 0 Å². The molecule has 0 aromatic heterocycles. The molecule has 0 radical (unpaired) electrons. The Bertz CT molecular complexity index is 902. The van der Waals surface area contributed by atoms with Gasteiger partial charge >= 0.3 is 5.97 Å². The van der Waals surface area contributed by atoms with E-state index in [1.54, 1.807) is 42.2 Å². The van der Waals surface area contributed by atoms with Crippen LogP contribution in [0.5, 0.6) is 0 Å². The minimum absolute atomic E-state index is 0.0551. The largest absolute Gasteiger partial charge is 0.466 e. The van der Waals surface area contributed by atoms with Crippen LogP contribution in [0.3, 0.4) is 0 Å². The van der Waals surface area contributed by atoms with Crippen molar-refractivity contribution < 1.29 is 28.2 Å². The topological polar surface area (TPSA) is 72.9 Å². The normalized spacial score (nSPS) is 18.8. The molecule has 0 saturated carbocycles. The Hall–Kier alpha value is -2.87. The Kier molecular flexibility index (Phi) is 5.99. The van der Waals surface area contributed by atoms with E-state index in [4.69, 9.17) is 9.47 Å². The van der Waals surface area contributed by atoms with Gasteiger partial charge in [0, 0.05) is 5.69 Å². The van der Waals surface area contributed by atoms with E-state index in [2.05, 4.69) is 0 Å². The molecule has 0 aliphatic carbocycles. The fourth-order valence-electron chi connectivity index (χ4n) is 3.05. The number of hydrogen-bond donors (Lipinski definition) is 0. The summed E-state index contributed by atoms with van der Waals surface area (Å²) in [6, 6.07) is 10.8. The second-order valence-corrected chi connectivity index (χ2v) is 7.45. The van der Waals surface area contributed by atoms with Crippen molar-refractivity contribution in [3.63, 3.8) is 0 Å². The molecule has 0 bridgehead atoms. The smallest absolute Gasteiger partial charge is 0.337 e. The number of carbonyl (C=O) groups is 3. The maximum Gasteiger partial charge on any atom is 0.337 e. The van der Waals surface area contributed by atoms with Gasteiger partial charge in [0.05, 0.1) is 12.7 Å². The molecule has 1 fully saturated rings. The highest BCUT2D eigenvalue weighted by molar-refractivity contribution is 8.01. The number of anilines is 1. The molecule has 6 nitrogen and oxygen atoms in total. The lowest BCUT2D eigenvalue weighted by Gasteiger charge is -2.26. The third-order valence-electron chi connectivity index (χ3n) is 4.39. The molecule has 2 aromatic rings. The Morgan fingerprint density at radius 3 is 2.57 bits per heavy atom. The van der Waals surface area contributed by atoms with Crippen molar-refractivity contribution in [2.45, 2.75) is 17.5 Å². The van der Waals surface area contributed by atoms with Crippen molar-refractivity contribution in [1.82, 2.24) is 0 Å². The molecule has 1 saturated heterocycles. The van der Waals surface area contributed by atoms with Gasteiger partial charge in [-0.1, -0.05) is 12.1 Å². The van der Waals surface area contributed by atoms with Gasteiger partial charge in [0.2, 0.25) is 5.91 Å². The van der Waals surface area contributed by atoms with Gasteiger partial charge in [0.15, 0.2) is 0 Å². The number of nitrogens with zero attached hydrogens (tertiary/aromatic N) is 1. The number of benzene rings is 2. The van der Waals surface area contributed by atoms with Crippen LogP contribution in [0.2, 0.25) is 0 Å². The molecule has 0 spiro atoms. The van der Waals surface area contributed by atoms with Gasteiger partial charge in [0.25, 0.3) is 6.47 Å². The van der Waals surface area contributed by atoms with Gasteiger partial charge in [0.1, 0.15) is 23.0 Å². The first-order valence-corrected chi connectivity index (χ1v) is 9.38. The van der Waals surface area contributed by atoms with Crippen LogP contribution in [0.4, 0.5) is 10.1 Å². The number of hydrogen-bond acceptors (Lipinski definition) is 6. The second kappa shape index (κ2) is 8.43. The van der Waals surface area contributed by atoms with Crippen LogP contribution in [0.1, 0.15) is 26.9 Å². The number of halogens is 1. The van der Waals surface area contributed by atoms with Crippen molar-refractivity contribution >= 4 is 35.8 Å². The van der Waals surface area contributed by atoms with Crippen molar-refractivity contribution in [1.29, 1.82) is 0 Å². The molecule has 1 aliphatic rings. The molecule has 1 amide bonds. The molecule has 1 aliphatic heterocycles. The summed E-state index contributed by atoms with van der Waals surface area (Å²) in [5.74, 6) is -1.07. The molecule has 2 aromatic carbocycles. The second-order valence-electron chi connectivity index (χ2n) is 6.16. The van der Waals surface area contributed by atoms with Gasteiger partial charge in [-0.05, 0) is 48.4 Å². The van der Waals surface area contributed by atoms with Crippen molar-refractivity contribution in [2.75, 3.05) is 18.6 Å². The van der Waals surface area contributed by atoms with E-state index in [-0.39, 0.29) is 18.3 Å². The van der Waals surface area contributed by atoms with E-state index in [0.29, 0.717) is 23.3 Å². The zero-order valence-corrected chi connectivity index (χ0v) is 16.1. The summed E-state index contributed by atoms with van der Waals surface area (Å²) in [5.41, 5.74) is 2.45. The van der Waals surface area contributed by atoms with Crippen molar-refractivity contribution in [3.8, 4) is 0 Å². The van der Waals surface area contributed by atoms with E-state index in [0.717, 1.165) is 5.56 Å². The number of amides is 1. The fraction of sp³-hybridized carbons (Fsp3) is 0.250. The Morgan fingerprint density at radius 2 is 1.96 bits per heavy atom. The van der Waals surface area contributed by atoms with E-state index in [9.17, 15) is 18.8 Å². The summed E-state index contributed by atoms with van der Waals surface area (Å²) in [4.78, 5) is 36.9. The summed E-state index contributed by atoms with van der Waals surface area (Å²) in [7, 11) is 1.30. The maximum absolute atomic E-state index is 13.3. The van der Waals surface area contributed by atoms with Gasteiger partial charge < -0.3 is 9.47 Å². The monoisotopic (exact) mass is 403 g/mol. The van der Waals surface area contributed by atoms with Crippen LogP contribution in [0.25, 0.3) is 0 Å². The van der Waals surface area contributed by atoms with Crippen LogP contribution in [-0.4, -0.2) is 37.3 Å². The zero-order valence-electron chi connectivity index (χ0n) is 15.3. The predicted octanol–water partition coefficient (Wildman–Crippen LogP) is 3.24. The van der Waals surface area contributed by atoms with Crippen LogP contribution in [-0.2, 0) is 19.1 Å². The Morgan fingerprint density at radius 1 is 1.25 bits per heavy atom. The summed E-state index contributed by atoms with van der Waals surface area (Å²) in [6.45, 7) is 2.04. The average molecular weight is 403 g/mol. The van der Waals surface area contributed by atoms with E-state index in [1.807, 2.05) is 0 Å². The quantitative estimate of drug-likeness (QED) is 0.545. The third kappa shape index (κ3) is 3.87. The Labute approximate surface area is 165 Å². The molecule has 8 heteroatoms. The highest BCUT2D eigenvalue weighted by Crippen LogP contribution is 2.46. The number of aryl methyl sites for hydroxylation is 1. The first-order valence-electron chi connectivity index (χ1n) is 8.44. The zero-order chi connectivity index (χ0) is 20.3. The van der Waals surface area contributed by atoms with E-state index in [1.165, 1.54) is 31.0 Å². The molecule has 1 heterocycles. The standard InChI is InChI=1S/C20H18FNO5S/c1-12-9-14(20(25)26-2)5-8-16(12)22-18(24)17(10-27-11-23)28-19(22)13-3-6-15(21)7-4-13/h3-9,11,17,19H,10H2,1-2H3. The lowest BCUT2D eigenvalue weighted by Crippen LogP contribution is -2.33. The molecule has 2 atom stereocenters. The van der Waals surface area contributed by atoms with Crippen LogP contribution in [0.15, 0.2) is 42.5 Å². The van der Waals surface area contributed by atoms with Crippen LogP contribution >= 0.6 is 11.8 Å². The van der Waals surface area contributed by atoms with E-state index >= 15 is 0 Å². The van der Waals surface area contributed by atoms with Gasteiger partial charge in [-0.3, -0.25) is 14.5 Å². The van der Waals surface area contributed by atoms with E-state index < -0.39 is 16.6 Å². The predicted molar refractivity (Wildman–Crippen MR) is 103 cm³/mol. The lowest BCUT2D eigenvalue weighted by molar-refractivity contribution is -0.129. The first-order chi connectivity index (χ1) is 13.5. The van der Waals surface area contributed by atoms with Crippen LogP contribution < -0.4 is 4.90 Å². The summed E-state index contributed by atoms with van der Waals surface area (Å²) >= 11 is 1.32. The minimum atomic E-state index is -0.583. The number of ether oxygens (including phenoxy) is 2. The first kappa shape index (κ1) is 19.9. The molecular formula is C20H18FNO5S. The SMILES string of the molecule is COC(=O)c1ccc(N2C(=O)C(COC=O)SC2c2ccc(F)cc2)c(C)c1. The highest BCUT2D eigenvalue weighted by atomic mass is 32.2. The summed E-state index contributed by atoms with van der Waals surface area (Å²) in [5, 5.41) is -1.00. The van der Waals surface area contributed by atoms with Crippen molar-refractivity contribution in [3.05, 3.63) is 65.0 Å². The molecule has 2 unspecified atom stereocenters.